The molecule has 1 N–H and O–H groups in total. The highest BCUT2D eigenvalue weighted by Gasteiger charge is 2.19. The SMILES string of the molecule is CCCNC(c1ccc(F)cc1Cl)c1cccc(C)c1C. The van der Waals surface area contributed by atoms with Gasteiger partial charge in [-0.15, -0.1) is 0 Å². The van der Waals surface area contributed by atoms with Crippen molar-refractivity contribution in [2.24, 2.45) is 0 Å². The van der Waals surface area contributed by atoms with Gasteiger partial charge < -0.3 is 5.32 Å². The molecule has 0 aliphatic rings. The van der Waals surface area contributed by atoms with Crippen molar-refractivity contribution in [2.75, 3.05) is 6.54 Å². The van der Waals surface area contributed by atoms with Crippen LogP contribution < -0.4 is 5.32 Å². The van der Waals surface area contributed by atoms with E-state index >= 15 is 0 Å². The molecular formula is C18H21ClFN. The first-order valence-corrected chi connectivity index (χ1v) is 7.66. The van der Waals surface area contributed by atoms with Crippen molar-refractivity contribution < 1.29 is 4.39 Å². The first-order valence-electron chi connectivity index (χ1n) is 7.29. The molecule has 1 nitrogen and oxygen atoms in total. The number of hydrogen-bond donors (Lipinski definition) is 1. The van der Waals surface area contributed by atoms with E-state index in [1.165, 1.54) is 28.8 Å². The monoisotopic (exact) mass is 305 g/mol. The van der Waals surface area contributed by atoms with E-state index in [-0.39, 0.29) is 11.9 Å². The Kier molecular flexibility index (Phi) is 5.38. The molecule has 112 valence electrons. The van der Waals surface area contributed by atoms with Gasteiger partial charge in [0.1, 0.15) is 5.82 Å². The summed E-state index contributed by atoms with van der Waals surface area (Å²) in [5.41, 5.74) is 4.60. The maximum atomic E-state index is 13.3. The fourth-order valence-electron chi connectivity index (χ4n) is 2.50. The van der Waals surface area contributed by atoms with Gasteiger partial charge in [-0.25, -0.2) is 4.39 Å². The molecule has 0 saturated heterocycles. The topological polar surface area (TPSA) is 12.0 Å². The highest BCUT2D eigenvalue weighted by Crippen LogP contribution is 2.31. The van der Waals surface area contributed by atoms with E-state index in [0.717, 1.165) is 18.5 Å². The first-order chi connectivity index (χ1) is 10.0. The molecule has 3 heteroatoms. The summed E-state index contributed by atoms with van der Waals surface area (Å²) in [5.74, 6) is -0.307. The third-order valence-electron chi connectivity index (χ3n) is 3.83. The third-order valence-corrected chi connectivity index (χ3v) is 4.16. The third kappa shape index (κ3) is 3.63. The molecule has 0 aliphatic carbocycles. The number of halogens is 2. The van der Waals surface area contributed by atoms with E-state index < -0.39 is 0 Å². The zero-order chi connectivity index (χ0) is 15.4. The van der Waals surface area contributed by atoms with Crippen molar-refractivity contribution in [3.8, 4) is 0 Å². The van der Waals surface area contributed by atoms with Gasteiger partial charge in [-0.05, 0) is 61.2 Å². The lowest BCUT2D eigenvalue weighted by atomic mass is 9.92. The number of aryl methyl sites for hydroxylation is 1. The van der Waals surface area contributed by atoms with Gasteiger partial charge in [-0.1, -0.05) is 42.8 Å². The molecule has 0 saturated carbocycles. The van der Waals surface area contributed by atoms with Crippen LogP contribution in [0.1, 0.15) is 41.6 Å². The van der Waals surface area contributed by atoms with Crippen LogP contribution in [0.25, 0.3) is 0 Å². The van der Waals surface area contributed by atoms with E-state index in [2.05, 4.69) is 44.3 Å². The number of rotatable bonds is 5. The fraction of sp³-hybridized carbons (Fsp3) is 0.333. The summed E-state index contributed by atoms with van der Waals surface area (Å²) in [5, 5.41) is 3.99. The molecule has 0 fully saturated rings. The van der Waals surface area contributed by atoms with Crippen LogP contribution in [0.15, 0.2) is 36.4 Å². The van der Waals surface area contributed by atoms with Crippen molar-refractivity contribution in [1.82, 2.24) is 5.32 Å². The molecule has 2 aromatic carbocycles. The second-order valence-electron chi connectivity index (χ2n) is 5.34. The molecule has 0 bridgehead atoms. The van der Waals surface area contributed by atoms with Crippen molar-refractivity contribution in [3.05, 3.63) is 69.5 Å². The Bertz CT molecular complexity index is 625. The van der Waals surface area contributed by atoms with Crippen LogP contribution in [0, 0.1) is 19.7 Å². The number of nitrogens with one attached hydrogen (secondary N) is 1. The van der Waals surface area contributed by atoms with Crippen molar-refractivity contribution >= 4 is 11.6 Å². The van der Waals surface area contributed by atoms with Gasteiger partial charge in [0, 0.05) is 5.02 Å². The molecule has 0 heterocycles. The Balaban J connectivity index is 2.49. The van der Waals surface area contributed by atoms with Gasteiger partial charge >= 0.3 is 0 Å². The van der Waals surface area contributed by atoms with E-state index in [1.807, 2.05) is 0 Å². The molecule has 2 aromatic rings. The average molecular weight is 306 g/mol. The first kappa shape index (κ1) is 16.0. The summed E-state index contributed by atoms with van der Waals surface area (Å²) in [7, 11) is 0. The largest absolute Gasteiger partial charge is 0.306 e. The second kappa shape index (κ2) is 7.06. The summed E-state index contributed by atoms with van der Waals surface area (Å²) in [4.78, 5) is 0. The maximum absolute atomic E-state index is 13.3. The molecule has 21 heavy (non-hydrogen) atoms. The molecule has 0 aliphatic heterocycles. The highest BCUT2D eigenvalue weighted by molar-refractivity contribution is 6.31. The van der Waals surface area contributed by atoms with Crippen molar-refractivity contribution in [3.63, 3.8) is 0 Å². The minimum atomic E-state index is -0.307. The lowest BCUT2D eigenvalue weighted by Crippen LogP contribution is -2.24. The van der Waals surface area contributed by atoms with E-state index in [1.54, 1.807) is 6.07 Å². The quantitative estimate of drug-likeness (QED) is 0.802. The molecule has 0 amide bonds. The second-order valence-corrected chi connectivity index (χ2v) is 5.75. The molecule has 1 atom stereocenters. The molecule has 2 rings (SSSR count). The van der Waals surface area contributed by atoms with Crippen LogP contribution >= 0.6 is 11.6 Å². The smallest absolute Gasteiger partial charge is 0.124 e. The Morgan fingerprint density at radius 3 is 2.57 bits per heavy atom. The number of hydrogen-bond acceptors (Lipinski definition) is 1. The Morgan fingerprint density at radius 1 is 1.14 bits per heavy atom. The normalized spacial score (nSPS) is 12.4. The Hall–Kier alpha value is -1.38. The molecule has 0 spiro atoms. The van der Waals surface area contributed by atoms with Crippen LogP contribution in [-0.2, 0) is 0 Å². The van der Waals surface area contributed by atoms with E-state index in [9.17, 15) is 4.39 Å². The van der Waals surface area contributed by atoms with E-state index in [4.69, 9.17) is 11.6 Å². The van der Waals surface area contributed by atoms with Crippen molar-refractivity contribution in [1.29, 1.82) is 0 Å². The van der Waals surface area contributed by atoms with Gasteiger partial charge in [0.05, 0.1) is 6.04 Å². The lowest BCUT2D eigenvalue weighted by Gasteiger charge is -2.23. The van der Waals surface area contributed by atoms with Crippen molar-refractivity contribution in [2.45, 2.75) is 33.2 Å². The Labute approximate surface area is 131 Å². The summed E-state index contributed by atoms with van der Waals surface area (Å²) in [6.07, 6.45) is 1.03. The lowest BCUT2D eigenvalue weighted by molar-refractivity contribution is 0.591. The summed E-state index contributed by atoms with van der Waals surface area (Å²) < 4.78 is 13.3. The minimum Gasteiger partial charge on any atom is -0.306 e. The molecule has 0 radical (unpaired) electrons. The van der Waals surface area contributed by atoms with Gasteiger partial charge in [-0.2, -0.15) is 0 Å². The fourth-order valence-corrected chi connectivity index (χ4v) is 2.77. The molecule has 0 aromatic heterocycles. The Morgan fingerprint density at radius 2 is 1.90 bits per heavy atom. The van der Waals surface area contributed by atoms with Gasteiger partial charge in [0.15, 0.2) is 0 Å². The standard InChI is InChI=1S/C18H21ClFN/c1-4-10-21-18(15-7-5-6-12(2)13(15)3)16-9-8-14(20)11-17(16)19/h5-9,11,18,21H,4,10H2,1-3H3. The predicted octanol–water partition coefficient (Wildman–Crippen LogP) is 5.18. The highest BCUT2D eigenvalue weighted by atomic mass is 35.5. The average Bonchev–Trinajstić information content (AvgIpc) is 2.45. The zero-order valence-electron chi connectivity index (χ0n) is 12.7. The van der Waals surface area contributed by atoms with Gasteiger partial charge in [0.25, 0.3) is 0 Å². The summed E-state index contributed by atoms with van der Waals surface area (Å²) >= 11 is 6.27. The minimum absolute atomic E-state index is 0.0158. The van der Waals surface area contributed by atoms with Crippen LogP contribution in [0.4, 0.5) is 4.39 Å². The predicted molar refractivity (Wildman–Crippen MR) is 87.5 cm³/mol. The van der Waals surface area contributed by atoms with E-state index in [0.29, 0.717) is 5.02 Å². The van der Waals surface area contributed by atoms with Gasteiger partial charge in [-0.3, -0.25) is 0 Å². The maximum Gasteiger partial charge on any atom is 0.124 e. The number of benzene rings is 2. The molecule has 1 unspecified atom stereocenters. The van der Waals surface area contributed by atoms with Crippen LogP contribution in [-0.4, -0.2) is 6.54 Å². The summed E-state index contributed by atoms with van der Waals surface area (Å²) in [6.45, 7) is 7.22. The zero-order valence-corrected chi connectivity index (χ0v) is 13.5. The van der Waals surface area contributed by atoms with Crippen LogP contribution in [0.2, 0.25) is 5.02 Å². The van der Waals surface area contributed by atoms with Crippen LogP contribution in [0.5, 0.6) is 0 Å². The molecular weight excluding hydrogens is 285 g/mol. The van der Waals surface area contributed by atoms with Gasteiger partial charge in [0.2, 0.25) is 0 Å². The summed E-state index contributed by atoms with van der Waals surface area (Å²) in [6, 6.07) is 10.9. The van der Waals surface area contributed by atoms with Crippen LogP contribution in [0.3, 0.4) is 0 Å².